The minimum Gasteiger partial charge on any atom is -0.355 e. The molecule has 0 atom stereocenters. The van der Waals surface area contributed by atoms with Gasteiger partial charge >= 0.3 is 0 Å². The van der Waals surface area contributed by atoms with Gasteiger partial charge in [-0.2, -0.15) is 0 Å². The molecule has 2 N–H and O–H groups in total. The van der Waals surface area contributed by atoms with Gasteiger partial charge in [0.05, 0.1) is 0 Å². The average molecular weight is 555 g/mol. The highest BCUT2D eigenvalue weighted by Crippen LogP contribution is 2.47. The van der Waals surface area contributed by atoms with Crippen molar-refractivity contribution in [3.63, 3.8) is 0 Å². The van der Waals surface area contributed by atoms with Gasteiger partial charge in [0.2, 0.25) is 0 Å². The third-order valence-corrected chi connectivity index (χ3v) is 8.19. The summed E-state index contributed by atoms with van der Waals surface area (Å²) in [7, 11) is 0. The Morgan fingerprint density at radius 3 is 1.26 bits per heavy atom. The van der Waals surface area contributed by atoms with Crippen LogP contribution < -0.4 is 10.6 Å². The molecular weight excluding hydrogens is 520 g/mol. The molecule has 7 aromatic rings. The van der Waals surface area contributed by atoms with Crippen LogP contribution in [0.5, 0.6) is 0 Å². The molecule has 208 valence electrons. The zero-order valence-corrected chi connectivity index (χ0v) is 24.5. The van der Waals surface area contributed by atoms with E-state index in [1.165, 1.54) is 49.4 Å². The van der Waals surface area contributed by atoms with E-state index < -0.39 is 0 Å². The molecule has 0 heterocycles. The molecule has 0 aromatic heterocycles. The largest absolute Gasteiger partial charge is 0.355 e. The van der Waals surface area contributed by atoms with E-state index in [4.69, 9.17) is 0 Å². The SMILES string of the molecule is CC(C)c1c(-c2c(Nc3ccccc3)ccc3ccccc23)cccc1-c1c(Nc2ccccc2)ccc2ccccc12. The van der Waals surface area contributed by atoms with E-state index >= 15 is 0 Å². The predicted molar refractivity (Wildman–Crippen MR) is 186 cm³/mol. The number of nitrogens with one attached hydrogen (secondary N) is 2. The molecule has 7 rings (SSSR count). The van der Waals surface area contributed by atoms with Crippen molar-refractivity contribution in [3.8, 4) is 22.3 Å². The van der Waals surface area contributed by atoms with Crippen molar-refractivity contribution in [2.24, 2.45) is 0 Å². The quantitative estimate of drug-likeness (QED) is 0.205. The molecule has 0 unspecified atom stereocenters. The molecule has 2 heteroatoms. The summed E-state index contributed by atoms with van der Waals surface area (Å²) >= 11 is 0. The van der Waals surface area contributed by atoms with Crippen molar-refractivity contribution in [2.45, 2.75) is 19.8 Å². The maximum atomic E-state index is 3.75. The zero-order valence-electron chi connectivity index (χ0n) is 24.5. The van der Waals surface area contributed by atoms with Crippen LogP contribution >= 0.6 is 0 Å². The molecule has 0 fully saturated rings. The summed E-state index contributed by atoms with van der Waals surface area (Å²) in [5.41, 5.74) is 10.6. The van der Waals surface area contributed by atoms with Gasteiger partial charge < -0.3 is 10.6 Å². The number of hydrogen-bond donors (Lipinski definition) is 2. The van der Waals surface area contributed by atoms with Gasteiger partial charge in [0.15, 0.2) is 0 Å². The Labute approximate surface area is 253 Å². The van der Waals surface area contributed by atoms with Gasteiger partial charge in [-0.3, -0.25) is 0 Å². The first-order valence-electron chi connectivity index (χ1n) is 15.0. The molecule has 0 spiro atoms. The van der Waals surface area contributed by atoms with E-state index in [1.54, 1.807) is 0 Å². The lowest BCUT2D eigenvalue weighted by molar-refractivity contribution is 0.872. The Kier molecular flexibility index (Phi) is 7.10. The summed E-state index contributed by atoms with van der Waals surface area (Å²) in [6.07, 6.45) is 0. The lowest BCUT2D eigenvalue weighted by Gasteiger charge is -2.24. The maximum absolute atomic E-state index is 3.75. The van der Waals surface area contributed by atoms with Crippen LogP contribution in [0.4, 0.5) is 22.7 Å². The minimum absolute atomic E-state index is 0.276. The fraction of sp³-hybridized carbons (Fsp3) is 0.0732. The Bertz CT molecular complexity index is 1900. The first-order chi connectivity index (χ1) is 21.2. The highest BCUT2D eigenvalue weighted by atomic mass is 14.9. The molecule has 0 saturated heterocycles. The van der Waals surface area contributed by atoms with E-state index in [9.17, 15) is 0 Å². The Balaban J connectivity index is 1.51. The van der Waals surface area contributed by atoms with Crippen molar-refractivity contribution < 1.29 is 0 Å². The number of rotatable bonds is 7. The molecule has 0 aliphatic rings. The van der Waals surface area contributed by atoms with Crippen LogP contribution in [0.15, 0.2) is 152 Å². The molecule has 0 radical (unpaired) electrons. The lowest BCUT2D eigenvalue weighted by atomic mass is 9.82. The molecule has 0 aliphatic heterocycles. The molecule has 0 aliphatic carbocycles. The second-order valence-corrected chi connectivity index (χ2v) is 11.3. The zero-order chi connectivity index (χ0) is 29.2. The summed E-state index contributed by atoms with van der Waals surface area (Å²) in [5, 5.41) is 12.4. The fourth-order valence-electron chi connectivity index (χ4n) is 6.31. The average Bonchev–Trinajstić information content (AvgIpc) is 3.05. The van der Waals surface area contributed by atoms with E-state index in [0.29, 0.717) is 0 Å². The molecule has 2 nitrogen and oxygen atoms in total. The fourth-order valence-corrected chi connectivity index (χ4v) is 6.31. The van der Waals surface area contributed by atoms with Crippen LogP contribution in [0.25, 0.3) is 43.8 Å². The summed E-state index contributed by atoms with van der Waals surface area (Å²) in [6.45, 7) is 4.63. The highest BCUT2D eigenvalue weighted by Gasteiger charge is 2.22. The molecule has 7 aromatic carbocycles. The monoisotopic (exact) mass is 554 g/mol. The number of anilines is 4. The van der Waals surface area contributed by atoms with Gasteiger partial charge in [-0.25, -0.2) is 0 Å². The number of fused-ring (bicyclic) bond motifs is 2. The number of hydrogen-bond acceptors (Lipinski definition) is 2. The standard InChI is InChI=1S/C41H34N2/c1-28(2)39-35(40-33-20-11-9-14-29(33)24-26-37(40)42-31-16-5-3-6-17-31)22-13-23-36(39)41-34-21-12-10-15-30(34)25-27-38(41)43-32-18-7-4-8-19-32/h3-28,42-43H,1-2H3. The van der Waals surface area contributed by atoms with Gasteiger partial charge in [0.25, 0.3) is 0 Å². The Morgan fingerprint density at radius 1 is 0.395 bits per heavy atom. The van der Waals surface area contributed by atoms with Crippen LogP contribution in [-0.2, 0) is 0 Å². The number of para-hydroxylation sites is 2. The predicted octanol–water partition coefficient (Wildman–Crippen LogP) is 11.9. The van der Waals surface area contributed by atoms with E-state index in [1.807, 2.05) is 0 Å². The molecule has 43 heavy (non-hydrogen) atoms. The first kappa shape index (κ1) is 26.6. The topological polar surface area (TPSA) is 24.1 Å². The van der Waals surface area contributed by atoms with Gasteiger partial charge in [-0.1, -0.05) is 129 Å². The molecular formula is C41H34N2. The third-order valence-electron chi connectivity index (χ3n) is 8.19. The smallest absolute Gasteiger partial charge is 0.0470 e. The molecule has 0 amide bonds. The van der Waals surface area contributed by atoms with Crippen molar-refractivity contribution in [3.05, 3.63) is 157 Å². The van der Waals surface area contributed by atoms with Crippen molar-refractivity contribution in [1.29, 1.82) is 0 Å². The van der Waals surface area contributed by atoms with Crippen LogP contribution in [0.2, 0.25) is 0 Å². The molecule has 0 bridgehead atoms. The summed E-state index contributed by atoms with van der Waals surface area (Å²) < 4.78 is 0. The summed E-state index contributed by atoms with van der Waals surface area (Å²) in [6, 6.07) is 54.0. The first-order valence-corrected chi connectivity index (χ1v) is 15.0. The van der Waals surface area contributed by atoms with E-state index in [-0.39, 0.29) is 5.92 Å². The number of benzene rings is 7. The third kappa shape index (κ3) is 5.13. The summed E-state index contributed by atoms with van der Waals surface area (Å²) in [5.74, 6) is 0.276. The van der Waals surface area contributed by atoms with Crippen molar-refractivity contribution in [1.82, 2.24) is 0 Å². The Hall–Kier alpha value is -5.34. The van der Waals surface area contributed by atoms with Crippen LogP contribution in [0.3, 0.4) is 0 Å². The second-order valence-electron chi connectivity index (χ2n) is 11.3. The van der Waals surface area contributed by atoms with Crippen molar-refractivity contribution >= 4 is 44.3 Å². The van der Waals surface area contributed by atoms with E-state index in [2.05, 4.69) is 176 Å². The second kappa shape index (κ2) is 11.5. The molecule has 0 saturated carbocycles. The van der Waals surface area contributed by atoms with Gasteiger partial charge in [0.1, 0.15) is 0 Å². The van der Waals surface area contributed by atoms with Crippen molar-refractivity contribution in [2.75, 3.05) is 10.6 Å². The van der Waals surface area contributed by atoms with E-state index in [0.717, 1.165) is 22.7 Å². The van der Waals surface area contributed by atoms with Gasteiger partial charge in [-0.15, -0.1) is 0 Å². The van der Waals surface area contributed by atoms with Gasteiger partial charge in [0, 0.05) is 33.9 Å². The maximum Gasteiger partial charge on any atom is 0.0470 e. The Morgan fingerprint density at radius 2 is 0.814 bits per heavy atom. The normalized spacial score (nSPS) is 11.2. The highest BCUT2D eigenvalue weighted by molar-refractivity contribution is 6.08. The lowest BCUT2D eigenvalue weighted by Crippen LogP contribution is -2.02. The summed E-state index contributed by atoms with van der Waals surface area (Å²) in [4.78, 5) is 0. The van der Waals surface area contributed by atoms with Crippen LogP contribution in [-0.4, -0.2) is 0 Å². The van der Waals surface area contributed by atoms with Gasteiger partial charge in [-0.05, 0) is 80.6 Å². The minimum atomic E-state index is 0.276. The van der Waals surface area contributed by atoms with Crippen LogP contribution in [0, 0.1) is 0 Å². The van der Waals surface area contributed by atoms with Crippen LogP contribution in [0.1, 0.15) is 25.3 Å².